The summed E-state index contributed by atoms with van der Waals surface area (Å²) in [7, 11) is 0. The Labute approximate surface area is 128 Å². The van der Waals surface area contributed by atoms with Gasteiger partial charge >= 0.3 is 6.03 Å². The Morgan fingerprint density at radius 3 is 2.76 bits per heavy atom. The number of hydrogen-bond donors (Lipinski definition) is 1. The van der Waals surface area contributed by atoms with E-state index in [-0.39, 0.29) is 6.03 Å². The first-order valence-corrected chi connectivity index (χ1v) is 8.23. The van der Waals surface area contributed by atoms with Gasteiger partial charge < -0.3 is 10.2 Å². The van der Waals surface area contributed by atoms with Crippen molar-refractivity contribution in [1.29, 1.82) is 0 Å². The third kappa shape index (κ3) is 3.61. The fraction of sp³-hybridized carbons (Fsp3) is 0.375. The van der Waals surface area contributed by atoms with Gasteiger partial charge in [-0.1, -0.05) is 30.3 Å². The summed E-state index contributed by atoms with van der Waals surface area (Å²) in [4.78, 5) is 18.4. The molecule has 1 aromatic heterocycles. The molecule has 1 aliphatic rings. The maximum Gasteiger partial charge on any atom is 0.317 e. The fourth-order valence-electron chi connectivity index (χ4n) is 2.46. The molecule has 1 aromatic carbocycles. The SMILES string of the molecule is O=C(NCCc1csc(-c2ccccc2)n1)N1CCCC1. The van der Waals surface area contributed by atoms with Gasteiger partial charge in [0.05, 0.1) is 5.69 Å². The average Bonchev–Trinajstić information content (AvgIpc) is 3.20. The molecule has 2 amide bonds. The van der Waals surface area contributed by atoms with Crippen LogP contribution in [0.4, 0.5) is 4.79 Å². The lowest BCUT2D eigenvalue weighted by Gasteiger charge is -2.15. The Morgan fingerprint density at radius 1 is 1.24 bits per heavy atom. The molecule has 0 saturated carbocycles. The molecule has 0 aliphatic carbocycles. The van der Waals surface area contributed by atoms with E-state index in [0.29, 0.717) is 6.54 Å². The van der Waals surface area contributed by atoms with Crippen molar-refractivity contribution in [3.8, 4) is 10.6 Å². The number of benzene rings is 1. The van der Waals surface area contributed by atoms with Crippen LogP contribution in [-0.4, -0.2) is 35.5 Å². The number of amides is 2. The van der Waals surface area contributed by atoms with Crippen LogP contribution in [0.2, 0.25) is 0 Å². The summed E-state index contributed by atoms with van der Waals surface area (Å²) in [5.41, 5.74) is 2.19. The molecule has 1 saturated heterocycles. The molecule has 1 aliphatic heterocycles. The zero-order valence-electron chi connectivity index (χ0n) is 11.9. The summed E-state index contributed by atoms with van der Waals surface area (Å²) in [6.45, 7) is 2.43. The topological polar surface area (TPSA) is 45.2 Å². The maximum absolute atomic E-state index is 11.9. The summed E-state index contributed by atoms with van der Waals surface area (Å²) >= 11 is 1.65. The van der Waals surface area contributed by atoms with Crippen LogP contribution in [0.15, 0.2) is 35.7 Å². The van der Waals surface area contributed by atoms with E-state index in [4.69, 9.17) is 0 Å². The molecule has 2 aromatic rings. The van der Waals surface area contributed by atoms with Gasteiger partial charge in [-0.15, -0.1) is 11.3 Å². The molecule has 1 fully saturated rings. The van der Waals surface area contributed by atoms with Crippen molar-refractivity contribution in [1.82, 2.24) is 15.2 Å². The Hall–Kier alpha value is -1.88. The molecular formula is C16H19N3OS. The van der Waals surface area contributed by atoms with Crippen LogP contribution in [0.25, 0.3) is 10.6 Å². The number of likely N-dealkylation sites (tertiary alicyclic amines) is 1. The van der Waals surface area contributed by atoms with Crippen molar-refractivity contribution in [2.24, 2.45) is 0 Å². The zero-order chi connectivity index (χ0) is 14.5. The third-order valence-corrected chi connectivity index (χ3v) is 4.56. The highest BCUT2D eigenvalue weighted by Crippen LogP contribution is 2.23. The smallest absolute Gasteiger partial charge is 0.317 e. The number of urea groups is 1. The highest BCUT2D eigenvalue weighted by atomic mass is 32.1. The van der Waals surface area contributed by atoms with Crippen LogP contribution in [0.5, 0.6) is 0 Å². The largest absolute Gasteiger partial charge is 0.338 e. The van der Waals surface area contributed by atoms with Crippen LogP contribution in [0.3, 0.4) is 0 Å². The van der Waals surface area contributed by atoms with Gasteiger partial charge in [-0.05, 0) is 12.8 Å². The Morgan fingerprint density at radius 2 is 2.00 bits per heavy atom. The minimum Gasteiger partial charge on any atom is -0.338 e. The first kappa shape index (κ1) is 14.1. The molecule has 3 rings (SSSR count). The Kier molecular flexibility index (Phi) is 4.50. The lowest BCUT2D eigenvalue weighted by molar-refractivity contribution is 0.209. The number of rotatable bonds is 4. The number of carbonyl (C=O) groups excluding carboxylic acids is 1. The molecule has 0 bridgehead atoms. The second kappa shape index (κ2) is 6.72. The van der Waals surface area contributed by atoms with Crippen molar-refractivity contribution in [3.63, 3.8) is 0 Å². The highest BCUT2D eigenvalue weighted by molar-refractivity contribution is 7.13. The summed E-state index contributed by atoms with van der Waals surface area (Å²) in [5, 5.41) is 6.09. The second-order valence-corrected chi connectivity index (χ2v) is 6.04. The maximum atomic E-state index is 11.9. The van der Waals surface area contributed by atoms with Gasteiger partial charge in [0.15, 0.2) is 0 Å². The summed E-state index contributed by atoms with van der Waals surface area (Å²) in [6, 6.07) is 10.2. The molecule has 4 nitrogen and oxygen atoms in total. The Balaban J connectivity index is 1.50. The predicted molar refractivity (Wildman–Crippen MR) is 85.5 cm³/mol. The van der Waals surface area contributed by atoms with Gasteiger partial charge in [0, 0.05) is 37.0 Å². The van der Waals surface area contributed by atoms with E-state index in [2.05, 4.69) is 27.8 Å². The summed E-state index contributed by atoms with van der Waals surface area (Å²) in [5.74, 6) is 0. The number of aromatic nitrogens is 1. The second-order valence-electron chi connectivity index (χ2n) is 5.19. The van der Waals surface area contributed by atoms with Crippen molar-refractivity contribution in [2.75, 3.05) is 19.6 Å². The van der Waals surface area contributed by atoms with Gasteiger partial charge in [-0.3, -0.25) is 0 Å². The van der Waals surface area contributed by atoms with Gasteiger partial charge in [-0.25, -0.2) is 9.78 Å². The quantitative estimate of drug-likeness (QED) is 0.943. The molecular weight excluding hydrogens is 282 g/mol. The van der Waals surface area contributed by atoms with E-state index < -0.39 is 0 Å². The number of carbonyl (C=O) groups is 1. The van der Waals surface area contributed by atoms with Crippen molar-refractivity contribution in [3.05, 3.63) is 41.4 Å². The number of hydrogen-bond acceptors (Lipinski definition) is 3. The van der Waals surface area contributed by atoms with E-state index in [1.807, 2.05) is 23.1 Å². The molecule has 5 heteroatoms. The molecule has 110 valence electrons. The van der Waals surface area contributed by atoms with E-state index in [1.54, 1.807) is 11.3 Å². The molecule has 21 heavy (non-hydrogen) atoms. The number of thiazole rings is 1. The normalized spacial score (nSPS) is 14.4. The lowest BCUT2D eigenvalue weighted by atomic mass is 10.2. The zero-order valence-corrected chi connectivity index (χ0v) is 12.7. The monoisotopic (exact) mass is 301 g/mol. The van der Waals surface area contributed by atoms with Crippen LogP contribution >= 0.6 is 11.3 Å². The standard InChI is InChI=1S/C16H19N3OS/c20-16(19-10-4-5-11-19)17-9-8-14-12-21-15(18-14)13-6-2-1-3-7-13/h1-3,6-7,12H,4-5,8-11H2,(H,17,20). The number of nitrogens with one attached hydrogen (secondary N) is 1. The average molecular weight is 301 g/mol. The third-order valence-electron chi connectivity index (χ3n) is 3.62. The lowest BCUT2D eigenvalue weighted by Crippen LogP contribution is -2.38. The molecule has 0 atom stereocenters. The van der Waals surface area contributed by atoms with E-state index in [9.17, 15) is 4.79 Å². The van der Waals surface area contributed by atoms with Crippen molar-refractivity contribution < 1.29 is 4.79 Å². The summed E-state index contributed by atoms with van der Waals surface area (Å²) in [6.07, 6.45) is 3.03. The van der Waals surface area contributed by atoms with Crippen molar-refractivity contribution in [2.45, 2.75) is 19.3 Å². The predicted octanol–water partition coefficient (Wildman–Crippen LogP) is 3.16. The first-order valence-electron chi connectivity index (χ1n) is 7.35. The van der Waals surface area contributed by atoms with Crippen LogP contribution in [0, 0.1) is 0 Å². The first-order chi connectivity index (χ1) is 10.3. The molecule has 1 N–H and O–H groups in total. The van der Waals surface area contributed by atoms with Crippen LogP contribution in [0.1, 0.15) is 18.5 Å². The van der Waals surface area contributed by atoms with E-state index in [0.717, 1.165) is 48.6 Å². The van der Waals surface area contributed by atoms with Crippen molar-refractivity contribution >= 4 is 17.4 Å². The molecule has 0 spiro atoms. The van der Waals surface area contributed by atoms with Gasteiger partial charge in [0.1, 0.15) is 5.01 Å². The summed E-state index contributed by atoms with van der Waals surface area (Å²) < 4.78 is 0. The van der Waals surface area contributed by atoms with Gasteiger partial charge in [0.2, 0.25) is 0 Å². The van der Waals surface area contributed by atoms with Crippen LogP contribution < -0.4 is 5.32 Å². The Bertz CT molecular complexity index is 591. The van der Waals surface area contributed by atoms with Crippen LogP contribution in [-0.2, 0) is 6.42 Å². The molecule has 0 unspecified atom stereocenters. The number of nitrogens with zero attached hydrogens (tertiary/aromatic N) is 2. The van der Waals surface area contributed by atoms with E-state index >= 15 is 0 Å². The minimum atomic E-state index is 0.0611. The minimum absolute atomic E-state index is 0.0611. The van der Waals surface area contributed by atoms with E-state index in [1.165, 1.54) is 0 Å². The molecule has 0 radical (unpaired) electrons. The highest BCUT2D eigenvalue weighted by Gasteiger charge is 2.17. The van der Waals surface area contributed by atoms with Gasteiger partial charge in [0.25, 0.3) is 0 Å². The fourth-order valence-corrected chi connectivity index (χ4v) is 3.32. The van der Waals surface area contributed by atoms with Gasteiger partial charge in [-0.2, -0.15) is 0 Å². The molecule has 2 heterocycles.